The molecule has 1 atom stereocenters. The van der Waals surface area contributed by atoms with Crippen LogP contribution in [0.25, 0.3) is 0 Å². The summed E-state index contributed by atoms with van der Waals surface area (Å²) in [5.41, 5.74) is 0.547. The fourth-order valence-electron chi connectivity index (χ4n) is 1.77. The highest BCUT2D eigenvalue weighted by Crippen LogP contribution is 2.13. The van der Waals surface area contributed by atoms with Gasteiger partial charge in [0.1, 0.15) is 11.9 Å². The van der Waals surface area contributed by atoms with Crippen LogP contribution >= 0.6 is 0 Å². The average molecular weight is 283 g/mol. The van der Waals surface area contributed by atoms with E-state index in [9.17, 15) is 14.3 Å². The molecule has 0 saturated carbocycles. The second kappa shape index (κ2) is 9.44. The lowest BCUT2D eigenvalue weighted by molar-refractivity contribution is -0.139. The summed E-state index contributed by atoms with van der Waals surface area (Å²) in [6.45, 7) is 4.01. The maximum atomic E-state index is 12.8. The Morgan fingerprint density at radius 3 is 2.55 bits per heavy atom. The maximum Gasteiger partial charge on any atom is 0.325 e. The molecule has 0 amide bonds. The van der Waals surface area contributed by atoms with Crippen molar-refractivity contribution in [2.24, 2.45) is 0 Å². The Bertz CT molecular complexity index is 395. The number of carboxylic acid groups (broad SMARTS) is 1. The van der Waals surface area contributed by atoms with Crippen LogP contribution < -0.4 is 5.32 Å². The first-order valence-electron chi connectivity index (χ1n) is 6.94. The lowest BCUT2D eigenvalue weighted by Crippen LogP contribution is -2.29. The van der Waals surface area contributed by atoms with Gasteiger partial charge in [-0.25, -0.2) is 4.39 Å². The Kier molecular flexibility index (Phi) is 7.84. The van der Waals surface area contributed by atoms with Gasteiger partial charge in [0, 0.05) is 13.2 Å². The highest BCUT2D eigenvalue weighted by molar-refractivity contribution is 5.75. The molecule has 1 unspecified atom stereocenters. The van der Waals surface area contributed by atoms with Crippen molar-refractivity contribution in [3.8, 4) is 0 Å². The van der Waals surface area contributed by atoms with Crippen molar-refractivity contribution >= 4 is 5.97 Å². The van der Waals surface area contributed by atoms with Crippen LogP contribution in [0.3, 0.4) is 0 Å². The highest BCUT2D eigenvalue weighted by Gasteiger charge is 2.18. The van der Waals surface area contributed by atoms with Crippen molar-refractivity contribution in [1.82, 2.24) is 5.32 Å². The van der Waals surface area contributed by atoms with Crippen LogP contribution in [-0.2, 0) is 9.53 Å². The van der Waals surface area contributed by atoms with Crippen LogP contribution in [0.5, 0.6) is 0 Å². The molecule has 1 aromatic rings. The second-order valence-electron chi connectivity index (χ2n) is 4.60. The van der Waals surface area contributed by atoms with E-state index >= 15 is 0 Å². The number of nitrogens with one attached hydrogen (secondary N) is 1. The van der Waals surface area contributed by atoms with Crippen molar-refractivity contribution in [1.29, 1.82) is 0 Å². The number of ether oxygens (including phenoxy) is 1. The van der Waals surface area contributed by atoms with Gasteiger partial charge in [0.25, 0.3) is 0 Å². The Labute approximate surface area is 119 Å². The van der Waals surface area contributed by atoms with E-state index in [1.54, 1.807) is 0 Å². The lowest BCUT2D eigenvalue weighted by atomic mass is 10.1. The fraction of sp³-hybridized carbons (Fsp3) is 0.533. The molecule has 1 rings (SSSR count). The van der Waals surface area contributed by atoms with Crippen LogP contribution in [0, 0.1) is 5.82 Å². The van der Waals surface area contributed by atoms with Crippen molar-refractivity contribution in [2.75, 3.05) is 19.8 Å². The van der Waals surface area contributed by atoms with E-state index in [0.29, 0.717) is 18.7 Å². The summed E-state index contributed by atoms with van der Waals surface area (Å²) in [5, 5.41) is 12.1. The number of carboxylic acids is 1. The molecule has 0 aromatic heterocycles. The van der Waals surface area contributed by atoms with Gasteiger partial charge < -0.3 is 15.2 Å². The van der Waals surface area contributed by atoms with Gasteiger partial charge in [-0.05, 0) is 37.1 Å². The van der Waals surface area contributed by atoms with E-state index in [1.165, 1.54) is 24.3 Å². The minimum absolute atomic E-state index is 0.373. The molecule has 0 spiro atoms. The molecule has 0 saturated heterocycles. The molecule has 0 aliphatic rings. The third-order valence-electron chi connectivity index (χ3n) is 2.91. The van der Waals surface area contributed by atoms with Crippen LogP contribution in [0.15, 0.2) is 24.3 Å². The Balaban J connectivity index is 2.33. The molecule has 2 N–H and O–H groups in total. The molecule has 1 aromatic carbocycles. The highest BCUT2D eigenvalue weighted by atomic mass is 19.1. The van der Waals surface area contributed by atoms with E-state index in [1.807, 2.05) is 0 Å². The molecule has 0 radical (unpaired) electrons. The number of aliphatic carboxylic acids is 1. The predicted molar refractivity (Wildman–Crippen MR) is 75.1 cm³/mol. The molecule has 0 bridgehead atoms. The summed E-state index contributed by atoms with van der Waals surface area (Å²) < 4.78 is 18.2. The van der Waals surface area contributed by atoms with Gasteiger partial charge in [-0.15, -0.1) is 0 Å². The number of benzene rings is 1. The quantitative estimate of drug-likeness (QED) is 0.648. The number of hydrogen-bond acceptors (Lipinski definition) is 3. The minimum Gasteiger partial charge on any atom is -0.480 e. The number of carbonyl (C=O) groups is 1. The van der Waals surface area contributed by atoms with Gasteiger partial charge in [0.2, 0.25) is 0 Å². The zero-order valence-electron chi connectivity index (χ0n) is 11.8. The lowest BCUT2D eigenvalue weighted by Gasteiger charge is -2.14. The molecule has 4 nitrogen and oxygen atoms in total. The summed E-state index contributed by atoms with van der Waals surface area (Å²) in [4.78, 5) is 11.2. The van der Waals surface area contributed by atoms with Crippen molar-refractivity contribution < 1.29 is 19.0 Å². The topological polar surface area (TPSA) is 58.6 Å². The summed E-state index contributed by atoms with van der Waals surface area (Å²) in [6.07, 6.45) is 2.89. The van der Waals surface area contributed by atoms with Crippen LogP contribution in [0.4, 0.5) is 4.39 Å². The van der Waals surface area contributed by atoms with Crippen molar-refractivity contribution in [3.63, 3.8) is 0 Å². The Hall–Kier alpha value is -1.46. The molecular formula is C15H22FNO3. The van der Waals surface area contributed by atoms with Crippen LogP contribution in [-0.4, -0.2) is 30.8 Å². The molecule has 112 valence electrons. The molecule has 20 heavy (non-hydrogen) atoms. The van der Waals surface area contributed by atoms with E-state index in [0.717, 1.165) is 25.9 Å². The van der Waals surface area contributed by atoms with Crippen LogP contribution in [0.1, 0.15) is 37.8 Å². The molecule has 0 fully saturated rings. The number of hydrogen-bond donors (Lipinski definition) is 2. The van der Waals surface area contributed by atoms with Gasteiger partial charge in [-0.3, -0.25) is 4.79 Å². The van der Waals surface area contributed by atoms with Gasteiger partial charge >= 0.3 is 5.97 Å². The van der Waals surface area contributed by atoms with Gasteiger partial charge in [-0.2, -0.15) is 0 Å². The largest absolute Gasteiger partial charge is 0.480 e. The van der Waals surface area contributed by atoms with E-state index in [2.05, 4.69) is 12.2 Å². The standard InChI is InChI=1S/C15H22FNO3/c1-2-3-10-20-11-4-9-17-14(15(18)19)12-5-7-13(16)8-6-12/h5-8,14,17H,2-4,9-11H2,1H3,(H,18,19). The van der Waals surface area contributed by atoms with Crippen molar-refractivity contribution in [3.05, 3.63) is 35.6 Å². The molecule has 0 aliphatic heterocycles. The average Bonchev–Trinajstić information content (AvgIpc) is 2.43. The van der Waals surface area contributed by atoms with Gasteiger partial charge in [0.15, 0.2) is 0 Å². The van der Waals surface area contributed by atoms with Gasteiger partial charge in [0.05, 0.1) is 0 Å². The molecule has 5 heteroatoms. The normalized spacial score (nSPS) is 12.3. The predicted octanol–water partition coefficient (Wildman–Crippen LogP) is 2.75. The fourth-order valence-corrected chi connectivity index (χ4v) is 1.77. The van der Waals surface area contributed by atoms with Gasteiger partial charge in [-0.1, -0.05) is 25.5 Å². The number of halogens is 1. The number of rotatable bonds is 10. The first-order chi connectivity index (χ1) is 9.65. The molecule has 0 heterocycles. The first kappa shape index (κ1) is 16.6. The van der Waals surface area contributed by atoms with E-state index in [4.69, 9.17) is 4.74 Å². The Morgan fingerprint density at radius 1 is 1.30 bits per heavy atom. The smallest absolute Gasteiger partial charge is 0.325 e. The molecule has 0 aliphatic carbocycles. The summed E-state index contributed by atoms with van der Waals surface area (Å²) in [5.74, 6) is -1.34. The van der Waals surface area contributed by atoms with Crippen LogP contribution in [0.2, 0.25) is 0 Å². The number of unbranched alkanes of at least 4 members (excludes halogenated alkanes) is 1. The SMILES string of the molecule is CCCCOCCCNC(C(=O)O)c1ccc(F)cc1. The summed E-state index contributed by atoms with van der Waals surface area (Å²) in [6, 6.07) is 4.69. The zero-order chi connectivity index (χ0) is 14.8. The minimum atomic E-state index is -0.969. The monoisotopic (exact) mass is 283 g/mol. The molecular weight excluding hydrogens is 261 g/mol. The van der Waals surface area contributed by atoms with Crippen molar-refractivity contribution in [2.45, 2.75) is 32.2 Å². The maximum absolute atomic E-state index is 12.8. The second-order valence-corrected chi connectivity index (χ2v) is 4.60. The summed E-state index contributed by atoms with van der Waals surface area (Å²) >= 11 is 0. The third-order valence-corrected chi connectivity index (χ3v) is 2.91. The zero-order valence-corrected chi connectivity index (χ0v) is 11.8. The van der Waals surface area contributed by atoms with E-state index < -0.39 is 12.0 Å². The summed E-state index contributed by atoms with van der Waals surface area (Å²) in [7, 11) is 0. The van der Waals surface area contributed by atoms with E-state index in [-0.39, 0.29) is 5.82 Å². The third kappa shape index (κ3) is 6.12. The first-order valence-corrected chi connectivity index (χ1v) is 6.94. The Morgan fingerprint density at radius 2 is 1.95 bits per heavy atom.